The molecule has 4 aliphatic rings. The first-order chi connectivity index (χ1) is 11.6. The molecule has 8 heteroatoms. The Balaban J connectivity index is 1.70. The summed E-state index contributed by atoms with van der Waals surface area (Å²) in [7, 11) is 0. The molecule has 4 atom stereocenters. The van der Waals surface area contributed by atoms with Crippen LogP contribution in [0.1, 0.15) is 11.5 Å². The number of nitrogens with two attached hydrogens (primary N) is 1. The summed E-state index contributed by atoms with van der Waals surface area (Å²) in [5.41, 5.74) is 4.69. The van der Waals surface area contributed by atoms with E-state index in [9.17, 15) is 10.5 Å². The smallest absolute Gasteiger partial charge is 0.231 e. The molecule has 5 rings (SSSR count). The Morgan fingerprint density at radius 2 is 2.08 bits per heavy atom. The van der Waals surface area contributed by atoms with Crippen molar-refractivity contribution in [1.82, 2.24) is 0 Å². The number of nitriles is 2. The number of hydrogen-bond donors (Lipinski definition) is 1. The molecule has 1 spiro atoms. The zero-order chi connectivity index (χ0) is 16.6. The van der Waals surface area contributed by atoms with Gasteiger partial charge >= 0.3 is 0 Å². The van der Waals surface area contributed by atoms with Gasteiger partial charge in [-0.25, -0.2) is 4.99 Å². The highest BCUT2D eigenvalue weighted by atomic mass is 32.2. The third kappa shape index (κ3) is 1.22. The molecular weight excluding hydrogens is 328 g/mol. The van der Waals surface area contributed by atoms with Crippen molar-refractivity contribution in [3.63, 3.8) is 0 Å². The van der Waals surface area contributed by atoms with E-state index >= 15 is 0 Å². The number of rotatable bonds is 1. The quantitative estimate of drug-likeness (QED) is 0.820. The Bertz CT molecular complexity index is 882. The molecule has 1 saturated heterocycles. The minimum Gasteiger partial charge on any atom is -0.454 e. The molecule has 1 aromatic rings. The molecule has 0 amide bonds. The van der Waals surface area contributed by atoms with Gasteiger partial charge < -0.3 is 19.9 Å². The fourth-order valence-electron chi connectivity index (χ4n) is 4.31. The summed E-state index contributed by atoms with van der Waals surface area (Å²) < 4.78 is 16.6. The normalized spacial score (nSPS) is 40.8. The lowest BCUT2D eigenvalue weighted by molar-refractivity contribution is 0.0200. The number of amidine groups is 1. The van der Waals surface area contributed by atoms with Gasteiger partial charge in [0.05, 0.1) is 18.7 Å². The lowest BCUT2D eigenvalue weighted by Gasteiger charge is -2.26. The van der Waals surface area contributed by atoms with Gasteiger partial charge in [0.2, 0.25) is 11.8 Å². The van der Waals surface area contributed by atoms with E-state index in [0.29, 0.717) is 18.1 Å². The maximum Gasteiger partial charge on any atom is 0.231 e. The number of ether oxygens (including phenoxy) is 3. The summed E-state index contributed by atoms with van der Waals surface area (Å²) >= 11 is 1.45. The van der Waals surface area contributed by atoms with E-state index in [-0.39, 0.29) is 12.6 Å². The highest BCUT2D eigenvalue weighted by Gasteiger charge is 2.93. The summed E-state index contributed by atoms with van der Waals surface area (Å²) in [6.07, 6.45) is 0. The Morgan fingerprint density at radius 1 is 1.25 bits per heavy atom. The predicted octanol–water partition coefficient (Wildman–Crippen LogP) is 1.32. The van der Waals surface area contributed by atoms with Crippen LogP contribution in [-0.2, 0) is 4.74 Å². The second kappa shape index (κ2) is 4.15. The fourth-order valence-corrected chi connectivity index (χ4v) is 5.64. The van der Waals surface area contributed by atoms with E-state index in [1.54, 1.807) is 6.07 Å². The molecule has 2 fully saturated rings. The molecule has 1 aliphatic carbocycles. The van der Waals surface area contributed by atoms with E-state index < -0.39 is 21.8 Å². The van der Waals surface area contributed by atoms with E-state index in [1.807, 2.05) is 12.1 Å². The van der Waals surface area contributed by atoms with Gasteiger partial charge in [-0.2, -0.15) is 10.5 Å². The Morgan fingerprint density at radius 3 is 2.79 bits per heavy atom. The molecule has 0 radical (unpaired) electrons. The lowest BCUT2D eigenvalue weighted by atomic mass is 9.95. The summed E-state index contributed by atoms with van der Waals surface area (Å²) in [6, 6.07) is 10.1. The largest absolute Gasteiger partial charge is 0.454 e. The predicted molar refractivity (Wildman–Crippen MR) is 84.2 cm³/mol. The molecule has 0 bridgehead atoms. The van der Waals surface area contributed by atoms with Gasteiger partial charge in [0.25, 0.3) is 0 Å². The first-order valence-corrected chi connectivity index (χ1v) is 8.49. The number of thioether (sulfide) groups is 1. The van der Waals surface area contributed by atoms with Gasteiger partial charge in [0.1, 0.15) is 11.3 Å². The molecule has 120 valence electrons. The maximum atomic E-state index is 10.1. The van der Waals surface area contributed by atoms with Crippen molar-refractivity contribution in [2.24, 2.45) is 21.6 Å². The van der Waals surface area contributed by atoms with Gasteiger partial charge in [-0.05, 0) is 17.7 Å². The number of fused-ring (bicyclic) bond motifs is 3. The van der Waals surface area contributed by atoms with E-state index in [4.69, 9.17) is 19.9 Å². The van der Waals surface area contributed by atoms with Crippen molar-refractivity contribution in [2.75, 3.05) is 19.2 Å². The minimum absolute atomic E-state index is 0.169. The first-order valence-electron chi connectivity index (χ1n) is 7.51. The van der Waals surface area contributed by atoms with Gasteiger partial charge in [-0.15, -0.1) is 0 Å². The van der Waals surface area contributed by atoms with Gasteiger partial charge in [-0.3, -0.25) is 0 Å². The van der Waals surface area contributed by atoms with Crippen LogP contribution >= 0.6 is 11.8 Å². The van der Waals surface area contributed by atoms with Crippen LogP contribution in [0.15, 0.2) is 23.2 Å². The van der Waals surface area contributed by atoms with Crippen molar-refractivity contribution in [1.29, 1.82) is 10.5 Å². The SMILES string of the molecule is N#C[C@@]12[C@H](c3ccc4c(c3)OCO4)[C@]1(C#N)C(N)=N[C@@]21OCCS1. The molecule has 7 nitrogen and oxygen atoms in total. The third-order valence-corrected chi connectivity index (χ3v) is 6.63. The standard InChI is InChI=1S/C16H12N4O3S/c17-6-14-12(9-1-2-10-11(5-9)22-8-21-10)15(14,7-18)16(20-13(14)19)23-3-4-24-16/h1-2,5,12H,3-4,8H2,(H2,19,20)/t12-,14-,15-,16-/m1/s1. The van der Waals surface area contributed by atoms with Crippen LogP contribution in [0.4, 0.5) is 0 Å². The number of hydrogen-bond acceptors (Lipinski definition) is 8. The first kappa shape index (κ1) is 14.0. The van der Waals surface area contributed by atoms with Crippen molar-refractivity contribution in [3.8, 4) is 23.6 Å². The van der Waals surface area contributed by atoms with Crippen LogP contribution in [-0.4, -0.2) is 30.0 Å². The van der Waals surface area contributed by atoms with E-state index in [2.05, 4.69) is 17.1 Å². The Hall–Kier alpha value is -2.42. The maximum absolute atomic E-state index is 10.1. The van der Waals surface area contributed by atoms with Crippen molar-refractivity contribution < 1.29 is 14.2 Å². The topological polar surface area (TPSA) is 114 Å². The second-order valence-corrected chi connectivity index (χ2v) is 7.41. The fraction of sp³-hybridized carbons (Fsp3) is 0.438. The average molecular weight is 340 g/mol. The number of nitrogens with zero attached hydrogens (tertiary/aromatic N) is 3. The van der Waals surface area contributed by atoms with E-state index in [0.717, 1.165) is 11.3 Å². The number of aliphatic imine (C=N–C) groups is 1. The molecule has 24 heavy (non-hydrogen) atoms. The van der Waals surface area contributed by atoms with Crippen LogP contribution < -0.4 is 15.2 Å². The summed E-state index contributed by atoms with van der Waals surface area (Å²) in [4.78, 5) is 4.42. The Labute approximate surface area is 142 Å². The van der Waals surface area contributed by atoms with Crippen molar-refractivity contribution in [2.45, 2.75) is 11.0 Å². The van der Waals surface area contributed by atoms with Crippen LogP contribution in [0, 0.1) is 33.5 Å². The van der Waals surface area contributed by atoms with Crippen LogP contribution in [0.3, 0.4) is 0 Å². The average Bonchev–Trinajstić information content (AvgIpc) is 2.99. The molecule has 0 aromatic heterocycles. The molecule has 3 aliphatic heterocycles. The highest BCUT2D eigenvalue weighted by molar-refractivity contribution is 8.00. The zero-order valence-corrected chi connectivity index (χ0v) is 13.3. The molecule has 1 saturated carbocycles. The van der Waals surface area contributed by atoms with Gasteiger partial charge in [-0.1, -0.05) is 17.8 Å². The van der Waals surface area contributed by atoms with Crippen LogP contribution in [0.2, 0.25) is 0 Å². The second-order valence-electron chi connectivity index (χ2n) is 6.16. The molecular formula is C16H12N4O3S. The van der Waals surface area contributed by atoms with Crippen molar-refractivity contribution >= 4 is 17.6 Å². The summed E-state index contributed by atoms with van der Waals surface area (Å²) in [5.74, 6) is 1.77. The third-order valence-electron chi connectivity index (χ3n) is 5.34. The highest BCUT2D eigenvalue weighted by Crippen LogP contribution is 2.84. The zero-order valence-electron chi connectivity index (χ0n) is 12.5. The number of benzene rings is 1. The minimum atomic E-state index is -1.16. The summed E-state index contributed by atoms with van der Waals surface area (Å²) in [5, 5.41) is 18.9. The van der Waals surface area contributed by atoms with Crippen LogP contribution in [0.5, 0.6) is 11.5 Å². The van der Waals surface area contributed by atoms with Gasteiger partial charge in [0.15, 0.2) is 16.9 Å². The van der Waals surface area contributed by atoms with E-state index in [1.165, 1.54) is 11.8 Å². The van der Waals surface area contributed by atoms with Crippen molar-refractivity contribution in [3.05, 3.63) is 23.8 Å². The molecule has 3 heterocycles. The van der Waals surface area contributed by atoms with Gasteiger partial charge in [0, 0.05) is 11.7 Å². The molecule has 0 unspecified atom stereocenters. The molecule has 2 N–H and O–H groups in total. The Kier molecular flexibility index (Phi) is 2.42. The lowest BCUT2D eigenvalue weighted by Crippen LogP contribution is -2.34. The monoisotopic (exact) mass is 340 g/mol. The van der Waals surface area contributed by atoms with Crippen LogP contribution in [0.25, 0.3) is 0 Å². The molecule has 1 aromatic carbocycles. The summed E-state index contributed by atoms with van der Waals surface area (Å²) in [6.45, 7) is 0.656.